The first kappa shape index (κ1) is 23.2. The second-order valence-corrected chi connectivity index (χ2v) is 8.93. The fraction of sp³-hybridized carbons (Fsp3) is 0.600. The van der Waals surface area contributed by atoms with Crippen LogP contribution in [0.15, 0.2) is 24.3 Å². The van der Waals surface area contributed by atoms with E-state index in [1.54, 1.807) is 13.2 Å². The topological polar surface area (TPSA) is 59.1 Å². The van der Waals surface area contributed by atoms with Crippen molar-refractivity contribution in [2.45, 2.75) is 46.0 Å². The lowest BCUT2D eigenvalue weighted by atomic mass is 9.94. The Kier molecular flexibility index (Phi) is 8.38. The summed E-state index contributed by atoms with van der Waals surface area (Å²) in [7, 11) is 1.62. The first-order chi connectivity index (χ1) is 15.0. The van der Waals surface area contributed by atoms with E-state index in [9.17, 15) is 9.59 Å². The highest BCUT2D eigenvalue weighted by Crippen LogP contribution is 2.29. The third kappa shape index (κ3) is 6.49. The van der Waals surface area contributed by atoms with Gasteiger partial charge >= 0.3 is 0 Å². The lowest BCUT2D eigenvalue weighted by Gasteiger charge is -2.35. The van der Waals surface area contributed by atoms with Gasteiger partial charge in [0.25, 0.3) is 0 Å². The molecule has 2 fully saturated rings. The molecule has 0 saturated carbocycles. The number of piperidine rings is 2. The van der Waals surface area contributed by atoms with Crippen molar-refractivity contribution < 1.29 is 19.1 Å². The molecule has 0 unspecified atom stereocenters. The molecule has 1 aromatic carbocycles. The van der Waals surface area contributed by atoms with Crippen LogP contribution in [0.1, 0.15) is 51.5 Å². The molecule has 2 saturated heterocycles. The van der Waals surface area contributed by atoms with Gasteiger partial charge < -0.3 is 19.3 Å². The Balaban J connectivity index is 1.51. The average Bonchev–Trinajstić information content (AvgIpc) is 2.81. The minimum absolute atomic E-state index is 0.0111. The molecule has 2 heterocycles. The first-order valence-electron chi connectivity index (χ1n) is 11.5. The monoisotopic (exact) mass is 428 g/mol. The predicted molar refractivity (Wildman–Crippen MR) is 122 cm³/mol. The summed E-state index contributed by atoms with van der Waals surface area (Å²) < 4.78 is 11.2. The molecule has 3 rings (SSSR count). The molecule has 170 valence electrons. The normalized spacial score (nSPS) is 17.9. The molecule has 0 spiro atoms. The summed E-state index contributed by atoms with van der Waals surface area (Å²) in [4.78, 5) is 29.2. The lowest BCUT2D eigenvalue weighted by molar-refractivity contribution is -0.140. The van der Waals surface area contributed by atoms with Gasteiger partial charge in [-0.05, 0) is 61.8 Å². The van der Waals surface area contributed by atoms with E-state index < -0.39 is 0 Å². The Morgan fingerprint density at radius 1 is 1.03 bits per heavy atom. The van der Waals surface area contributed by atoms with Gasteiger partial charge in [-0.15, -0.1) is 0 Å². The van der Waals surface area contributed by atoms with Crippen LogP contribution in [0.3, 0.4) is 0 Å². The zero-order valence-corrected chi connectivity index (χ0v) is 19.1. The van der Waals surface area contributed by atoms with Crippen molar-refractivity contribution in [3.63, 3.8) is 0 Å². The molecule has 1 aromatic rings. The van der Waals surface area contributed by atoms with E-state index in [1.165, 1.54) is 6.42 Å². The summed E-state index contributed by atoms with van der Waals surface area (Å²) >= 11 is 0. The second kappa shape index (κ2) is 11.2. The molecule has 31 heavy (non-hydrogen) atoms. The lowest BCUT2D eigenvalue weighted by Crippen LogP contribution is -2.45. The number of methoxy groups -OCH3 is 1. The molecule has 0 bridgehead atoms. The maximum absolute atomic E-state index is 12.7. The van der Waals surface area contributed by atoms with Crippen LogP contribution in [0.25, 0.3) is 6.08 Å². The van der Waals surface area contributed by atoms with Crippen LogP contribution in [0.5, 0.6) is 11.5 Å². The molecule has 2 amide bonds. The van der Waals surface area contributed by atoms with Crippen molar-refractivity contribution in [2.75, 3.05) is 39.9 Å². The summed E-state index contributed by atoms with van der Waals surface area (Å²) in [5.74, 6) is 2.14. The Bertz CT molecular complexity index is 776. The first-order valence-corrected chi connectivity index (χ1v) is 11.5. The second-order valence-electron chi connectivity index (χ2n) is 8.93. The fourth-order valence-corrected chi connectivity index (χ4v) is 4.16. The third-order valence-corrected chi connectivity index (χ3v) is 6.00. The number of carbonyl (C=O) groups is 2. The molecule has 6 nitrogen and oxygen atoms in total. The molecule has 0 radical (unpaired) electrons. The standard InChI is InChI=1S/C25H36N2O4/c1-19(2)18-31-22-9-7-20(17-23(22)30-3)8-10-24(28)26-15-11-21(12-16-26)25(29)27-13-5-4-6-14-27/h7-10,17,19,21H,4-6,11-16,18H2,1-3H3/b10-8+. The van der Waals surface area contributed by atoms with E-state index in [0.717, 1.165) is 44.3 Å². The number of ether oxygens (including phenoxy) is 2. The third-order valence-electron chi connectivity index (χ3n) is 6.00. The summed E-state index contributed by atoms with van der Waals surface area (Å²) in [6.45, 7) is 7.89. The molecule has 2 aliphatic heterocycles. The van der Waals surface area contributed by atoms with Crippen LogP contribution < -0.4 is 9.47 Å². The Morgan fingerprint density at radius 3 is 2.39 bits per heavy atom. The van der Waals surface area contributed by atoms with Gasteiger partial charge in [0.15, 0.2) is 11.5 Å². The molecule has 6 heteroatoms. The molecule has 0 atom stereocenters. The van der Waals surface area contributed by atoms with Gasteiger partial charge in [0.1, 0.15) is 0 Å². The number of benzene rings is 1. The molecule has 0 aliphatic carbocycles. The minimum atomic E-state index is -0.0111. The van der Waals surface area contributed by atoms with Gasteiger partial charge in [-0.3, -0.25) is 9.59 Å². The maximum Gasteiger partial charge on any atom is 0.246 e. The van der Waals surface area contributed by atoms with Crippen LogP contribution in [0.2, 0.25) is 0 Å². The summed E-state index contributed by atoms with van der Waals surface area (Å²) in [5, 5.41) is 0. The van der Waals surface area contributed by atoms with Crippen molar-refractivity contribution in [1.29, 1.82) is 0 Å². The summed E-state index contributed by atoms with van der Waals surface area (Å²) in [6.07, 6.45) is 8.38. The van der Waals surface area contributed by atoms with Crippen molar-refractivity contribution in [2.24, 2.45) is 11.8 Å². The van der Waals surface area contributed by atoms with E-state index in [4.69, 9.17) is 9.47 Å². The van der Waals surface area contributed by atoms with Gasteiger partial charge in [0.2, 0.25) is 11.8 Å². The van der Waals surface area contributed by atoms with Crippen molar-refractivity contribution in [3.05, 3.63) is 29.8 Å². The maximum atomic E-state index is 12.7. The number of nitrogens with zero attached hydrogens (tertiary/aromatic N) is 2. The van der Waals surface area contributed by atoms with Gasteiger partial charge in [0, 0.05) is 38.2 Å². The highest BCUT2D eigenvalue weighted by atomic mass is 16.5. The Hall–Kier alpha value is -2.50. The van der Waals surface area contributed by atoms with Crippen molar-refractivity contribution in [3.8, 4) is 11.5 Å². The number of likely N-dealkylation sites (tertiary alicyclic amines) is 2. The molecular weight excluding hydrogens is 392 g/mol. The summed E-state index contributed by atoms with van der Waals surface area (Å²) in [6, 6.07) is 5.68. The Morgan fingerprint density at radius 2 is 1.74 bits per heavy atom. The SMILES string of the molecule is COc1cc(/C=C/C(=O)N2CCC(C(=O)N3CCCCC3)CC2)ccc1OCC(C)C. The zero-order chi connectivity index (χ0) is 22.2. The van der Waals surface area contributed by atoms with Gasteiger partial charge in [-0.25, -0.2) is 0 Å². The van der Waals surface area contributed by atoms with E-state index in [1.807, 2.05) is 34.1 Å². The largest absolute Gasteiger partial charge is 0.493 e. The highest BCUT2D eigenvalue weighted by Gasteiger charge is 2.30. The minimum Gasteiger partial charge on any atom is -0.493 e. The van der Waals surface area contributed by atoms with E-state index >= 15 is 0 Å². The van der Waals surface area contributed by atoms with Gasteiger partial charge in [0.05, 0.1) is 13.7 Å². The number of rotatable bonds is 7. The molecular formula is C25H36N2O4. The summed E-state index contributed by atoms with van der Waals surface area (Å²) in [5.41, 5.74) is 0.886. The molecule has 2 aliphatic rings. The van der Waals surface area contributed by atoms with Crippen LogP contribution in [0.4, 0.5) is 0 Å². The highest BCUT2D eigenvalue weighted by molar-refractivity contribution is 5.92. The van der Waals surface area contributed by atoms with Crippen molar-refractivity contribution in [1.82, 2.24) is 9.80 Å². The Labute approximate surface area is 186 Å². The average molecular weight is 429 g/mol. The van der Waals surface area contributed by atoms with Gasteiger partial charge in [-0.1, -0.05) is 19.9 Å². The van der Waals surface area contributed by atoms with Gasteiger partial charge in [-0.2, -0.15) is 0 Å². The number of carbonyl (C=O) groups excluding carboxylic acids is 2. The zero-order valence-electron chi connectivity index (χ0n) is 19.1. The van der Waals surface area contributed by atoms with Crippen LogP contribution in [-0.2, 0) is 9.59 Å². The quantitative estimate of drug-likeness (QED) is 0.616. The van der Waals surface area contributed by atoms with Crippen LogP contribution in [0, 0.1) is 11.8 Å². The smallest absolute Gasteiger partial charge is 0.246 e. The van der Waals surface area contributed by atoms with Crippen LogP contribution >= 0.6 is 0 Å². The number of hydrogen-bond donors (Lipinski definition) is 0. The van der Waals surface area contributed by atoms with E-state index in [-0.39, 0.29) is 17.7 Å². The predicted octanol–water partition coefficient (Wildman–Crippen LogP) is 3.99. The van der Waals surface area contributed by atoms with Crippen LogP contribution in [-0.4, -0.2) is 61.5 Å². The molecule has 0 N–H and O–H groups in total. The number of amides is 2. The fourth-order valence-electron chi connectivity index (χ4n) is 4.16. The molecule has 0 aromatic heterocycles. The van der Waals surface area contributed by atoms with E-state index in [2.05, 4.69) is 13.8 Å². The van der Waals surface area contributed by atoms with E-state index in [0.29, 0.717) is 37.1 Å². The van der Waals surface area contributed by atoms with Crippen molar-refractivity contribution >= 4 is 17.9 Å². The number of hydrogen-bond acceptors (Lipinski definition) is 4.